The molecule has 1 heterocycles. The van der Waals surface area contributed by atoms with Gasteiger partial charge in [-0.2, -0.15) is 0 Å². The highest BCUT2D eigenvalue weighted by Crippen LogP contribution is 2.10. The van der Waals surface area contributed by atoms with Gasteiger partial charge >= 0.3 is 0 Å². The Hall–Kier alpha value is -1.78. The van der Waals surface area contributed by atoms with E-state index in [-0.39, 0.29) is 12.4 Å². The Morgan fingerprint density at radius 2 is 2.06 bits per heavy atom. The number of halogens is 1. The summed E-state index contributed by atoms with van der Waals surface area (Å²) >= 11 is 0. The van der Waals surface area contributed by atoms with Gasteiger partial charge in [0.25, 0.3) is 0 Å². The molecule has 94 valence electrons. The average molecular weight is 246 g/mol. The normalized spacial score (nSPS) is 10.6. The Morgan fingerprint density at radius 1 is 1.17 bits per heavy atom. The lowest BCUT2D eigenvalue weighted by molar-refractivity contribution is 0.275. The van der Waals surface area contributed by atoms with Crippen molar-refractivity contribution in [3.05, 3.63) is 65.2 Å². The number of rotatable bonds is 5. The predicted molar refractivity (Wildman–Crippen MR) is 67.1 cm³/mol. The van der Waals surface area contributed by atoms with Crippen molar-refractivity contribution in [3.8, 4) is 0 Å². The van der Waals surface area contributed by atoms with E-state index in [0.717, 1.165) is 11.3 Å². The van der Waals surface area contributed by atoms with Crippen LogP contribution in [0.1, 0.15) is 16.8 Å². The summed E-state index contributed by atoms with van der Waals surface area (Å²) in [5.41, 5.74) is 2.23. The summed E-state index contributed by atoms with van der Waals surface area (Å²) in [6, 6.07) is 10.5. The predicted octanol–water partition coefficient (Wildman–Crippen LogP) is 2.00. The van der Waals surface area contributed by atoms with E-state index in [0.29, 0.717) is 18.7 Å². The second-order valence-electron chi connectivity index (χ2n) is 4.01. The minimum Gasteiger partial charge on any atom is -0.392 e. The topological polar surface area (TPSA) is 45.1 Å². The lowest BCUT2D eigenvalue weighted by Gasteiger charge is -2.06. The highest BCUT2D eigenvalue weighted by Gasteiger charge is 2.02. The highest BCUT2D eigenvalue weighted by molar-refractivity contribution is 5.24. The molecule has 0 amide bonds. The van der Waals surface area contributed by atoms with Crippen molar-refractivity contribution in [3.63, 3.8) is 0 Å². The largest absolute Gasteiger partial charge is 0.392 e. The molecule has 2 N–H and O–H groups in total. The van der Waals surface area contributed by atoms with Gasteiger partial charge in [0.2, 0.25) is 0 Å². The van der Waals surface area contributed by atoms with Gasteiger partial charge in [0.15, 0.2) is 0 Å². The molecule has 0 aliphatic heterocycles. The Kier molecular flexibility index (Phi) is 4.39. The van der Waals surface area contributed by atoms with Crippen LogP contribution in [0.15, 0.2) is 42.6 Å². The molecule has 18 heavy (non-hydrogen) atoms. The van der Waals surface area contributed by atoms with Crippen LogP contribution in [-0.2, 0) is 19.7 Å². The van der Waals surface area contributed by atoms with E-state index in [1.807, 2.05) is 18.2 Å². The number of aliphatic hydroxyl groups excluding tert-OH is 1. The van der Waals surface area contributed by atoms with E-state index in [2.05, 4.69) is 10.3 Å². The first-order valence-corrected chi connectivity index (χ1v) is 5.78. The number of aromatic nitrogens is 1. The van der Waals surface area contributed by atoms with Crippen molar-refractivity contribution in [1.29, 1.82) is 0 Å². The van der Waals surface area contributed by atoms with E-state index in [4.69, 9.17) is 5.11 Å². The van der Waals surface area contributed by atoms with Gasteiger partial charge in [-0.05, 0) is 29.8 Å². The quantitative estimate of drug-likeness (QED) is 0.848. The van der Waals surface area contributed by atoms with E-state index >= 15 is 0 Å². The third-order valence-electron chi connectivity index (χ3n) is 2.64. The van der Waals surface area contributed by atoms with Gasteiger partial charge in [0.05, 0.1) is 12.3 Å². The molecule has 0 aliphatic rings. The molecule has 2 rings (SSSR count). The van der Waals surface area contributed by atoms with E-state index in [9.17, 15) is 4.39 Å². The van der Waals surface area contributed by atoms with Crippen molar-refractivity contribution < 1.29 is 9.50 Å². The van der Waals surface area contributed by atoms with Gasteiger partial charge in [-0.3, -0.25) is 4.98 Å². The summed E-state index contributed by atoms with van der Waals surface area (Å²) in [5.74, 6) is -0.369. The molecule has 0 aliphatic carbocycles. The fraction of sp³-hybridized carbons (Fsp3) is 0.214. The summed E-state index contributed by atoms with van der Waals surface area (Å²) in [6.45, 7) is 0.996. The summed E-state index contributed by atoms with van der Waals surface area (Å²) in [6.07, 6.45) is 1.75. The molecule has 0 spiro atoms. The molecule has 0 radical (unpaired) electrons. The van der Waals surface area contributed by atoms with Crippen LogP contribution in [0.3, 0.4) is 0 Å². The van der Waals surface area contributed by atoms with E-state index < -0.39 is 0 Å². The molecular formula is C14H15FN2O. The summed E-state index contributed by atoms with van der Waals surface area (Å²) in [4.78, 5) is 4.20. The molecule has 0 bridgehead atoms. The van der Waals surface area contributed by atoms with Crippen molar-refractivity contribution in [2.24, 2.45) is 0 Å². The van der Waals surface area contributed by atoms with Gasteiger partial charge in [-0.25, -0.2) is 4.39 Å². The average Bonchev–Trinajstić information content (AvgIpc) is 2.42. The maximum atomic E-state index is 13.2. The maximum absolute atomic E-state index is 13.2. The first-order valence-electron chi connectivity index (χ1n) is 5.78. The second kappa shape index (κ2) is 6.23. The number of hydrogen-bond acceptors (Lipinski definition) is 3. The molecule has 0 unspecified atom stereocenters. The van der Waals surface area contributed by atoms with Crippen LogP contribution < -0.4 is 5.32 Å². The molecule has 0 saturated carbocycles. The number of pyridine rings is 1. The first kappa shape index (κ1) is 12.7. The number of hydrogen-bond donors (Lipinski definition) is 2. The molecule has 0 fully saturated rings. The SMILES string of the molecule is OCc1cc(CNCc2ccccn2)ccc1F. The van der Waals surface area contributed by atoms with Crippen LogP contribution in [0.2, 0.25) is 0 Å². The van der Waals surface area contributed by atoms with Crippen LogP contribution in [0.25, 0.3) is 0 Å². The minimum absolute atomic E-state index is 0.278. The zero-order valence-corrected chi connectivity index (χ0v) is 9.94. The molecule has 3 nitrogen and oxygen atoms in total. The minimum atomic E-state index is -0.369. The van der Waals surface area contributed by atoms with Crippen LogP contribution in [-0.4, -0.2) is 10.1 Å². The van der Waals surface area contributed by atoms with Gasteiger partial charge < -0.3 is 10.4 Å². The Morgan fingerprint density at radius 3 is 2.78 bits per heavy atom. The number of nitrogens with zero attached hydrogens (tertiary/aromatic N) is 1. The van der Waals surface area contributed by atoms with Gasteiger partial charge in [-0.1, -0.05) is 12.1 Å². The zero-order valence-electron chi connectivity index (χ0n) is 9.94. The van der Waals surface area contributed by atoms with E-state index in [1.54, 1.807) is 18.3 Å². The van der Waals surface area contributed by atoms with Crippen LogP contribution in [0, 0.1) is 5.82 Å². The number of aliphatic hydroxyl groups is 1. The third-order valence-corrected chi connectivity index (χ3v) is 2.64. The Balaban J connectivity index is 1.91. The number of nitrogens with one attached hydrogen (secondary N) is 1. The maximum Gasteiger partial charge on any atom is 0.128 e. The molecule has 2 aromatic rings. The molecule has 0 atom stereocenters. The Labute approximate surface area is 105 Å². The van der Waals surface area contributed by atoms with Crippen molar-refractivity contribution in [2.75, 3.05) is 0 Å². The van der Waals surface area contributed by atoms with Gasteiger partial charge in [-0.15, -0.1) is 0 Å². The summed E-state index contributed by atoms with van der Waals surface area (Å²) in [7, 11) is 0. The molecule has 1 aromatic heterocycles. The monoisotopic (exact) mass is 246 g/mol. The van der Waals surface area contributed by atoms with Crippen LogP contribution in [0.5, 0.6) is 0 Å². The summed E-state index contributed by atoms with van der Waals surface area (Å²) in [5, 5.41) is 12.2. The number of benzene rings is 1. The zero-order chi connectivity index (χ0) is 12.8. The van der Waals surface area contributed by atoms with Crippen molar-refractivity contribution in [1.82, 2.24) is 10.3 Å². The highest BCUT2D eigenvalue weighted by atomic mass is 19.1. The van der Waals surface area contributed by atoms with Crippen LogP contribution >= 0.6 is 0 Å². The van der Waals surface area contributed by atoms with Crippen molar-refractivity contribution in [2.45, 2.75) is 19.7 Å². The Bertz CT molecular complexity index is 502. The van der Waals surface area contributed by atoms with Crippen molar-refractivity contribution >= 4 is 0 Å². The van der Waals surface area contributed by atoms with Gasteiger partial charge in [0.1, 0.15) is 5.82 Å². The lowest BCUT2D eigenvalue weighted by Crippen LogP contribution is -2.13. The molecular weight excluding hydrogens is 231 g/mol. The van der Waals surface area contributed by atoms with Gasteiger partial charge in [0, 0.05) is 24.8 Å². The lowest BCUT2D eigenvalue weighted by atomic mass is 10.1. The fourth-order valence-electron chi connectivity index (χ4n) is 1.70. The summed E-state index contributed by atoms with van der Waals surface area (Å²) < 4.78 is 13.2. The fourth-order valence-corrected chi connectivity index (χ4v) is 1.70. The third kappa shape index (κ3) is 3.35. The first-order chi connectivity index (χ1) is 8.79. The standard InChI is InChI=1S/C14H15FN2O/c15-14-5-4-11(7-12(14)10-18)8-16-9-13-3-1-2-6-17-13/h1-7,16,18H,8-10H2. The molecule has 1 aromatic carbocycles. The second-order valence-corrected chi connectivity index (χ2v) is 4.01. The molecule has 4 heteroatoms. The smallest absolute Gasteiger partial charge is 0.128 e. The van der Waals surface area contributed by atoms with Crippen LogP contribution in [0.4, 0.5) is 4.39 Å². The van der Waals surface area contributed by atoms with E-state index in [1.165, 1.54) is 6.07 Å². The molecule has 0 saturated heterocycles.